The Balaban J connectivity index is 1.93. The number of carbonyl (C=O) groups excluding carboxylic acids is 1. The van der Waals surface area contributed by atoms with Crippen LogP contribution in [0, 0.1) is 29.6 Å². The van der Waals surface area contributed by atoms with Crippen molar-refractivity contribution >= 4 is 23.1 Å². The van der Waals surface area contributed by atoms with E-state index in [1.54, 1.807) is 0 Å². The van der Waals surface area contributed by atoms with Crippen LogP contribution in [0.2, 0.25) is 0 Å². The molecule has 2 bridgehead atoms. The fourth-order valence-electron chi connectivity index (χ4n) is 4.01. The number of nitrogens with two attached hydrogens (primary N) is 1. The largest absolute Gasteiger partial charge is 0.393 e. The third kappa shape index (κ3) is 3.10. The minimum absolute atomic E-state index is 0.102. The van der Waals surface area contributed by atoms with E-state index in [9.17, 15) is 4.79 Å². The number of rotatable bonds is 5. The lowest BCUT2D eigenvalue weighted by atomic mass is 9.88. The Morgan fingerprint density at radius 2 is 2.05 bits per heavy atom. The second-order valence-electron chi connectivity index (χ2n) is 6.78. The van der Waals surface area contributed by atoms with Gasteiger partial charge < -0.3 is 10.6 Å². The van der Waals surface area contributed by atoms with E-state index >= 15 is 0 Å². The van der Waals surface area contributed by atoms with Gasteiger partial charge in [0.05, 0.1) is 10.9 Å². The van der Waals surface area contributed by atoms with E-state index in [4.69, 9.17) is 18.0 Å². The predicted molar refractivity (Wildman–Crippen MR) is 81.7 cm³/mol. The molecule has 0 saturated heterocycles. The second-order valence-corrected chi connectivity index (χ2v) is 7.25. The first-order valence-corrected chi connectivity index (χ1v) is 7.85. The van der Waals surface area contributed by atoms with Crippen LogP contribution in [-0.4, -0.2) is 29.4 Å². The maximum atomic E-state index is 12.5. The van der Waals surface area contributed by atoms with Gasteiger partial charge in [-0.05, 0) is 42.9 Å². The van der Waals surface area contributed by atoms with Gasteiger partial charge in [-0.3, -0.25) is 4.79 Å². The van der Waals surface area contributed by atoms with Crippen molar-refractivity contribution in [2.45, 2.75) is 39.5 Å². The zero-order valence-electron chi connectivity index (χ0n) is 12.3. The third-order valence-corrected chi connectivity index (χ3v) is 5.26. The highest BCUT2D eigenvalue weighted by molar-refractivity contribution is 7.80. The number of thiocarbonyl (C=S) groups is 1. The predicted octanol–water partition coefficient (Wildman–Crippen LogP) is 2.44. The maximum absolute atomic E-state index is 12.5. The van der Waals surface area contributed by atoms with Crippen LogP contribution in [0.1, 0.15) is 39.5 Å². The van der Waals surface area contributed by atoms with Gasteiger partial charge in [0.1, 0.15) is 0 Å². The Morgan fingerprint density at radius 1 is 1.37 bits per heavy atom. The van der Waals surface area contributed by atoms with E-state index < -0.39 is 0 Å². The molecule has 19 heavy (non-hydrogen) atoms. The summed E-state index contributed by atoms with van der Waals surface area (Å²) in [6.45, 7) is 4.89. The molecule has 0 heterocycles. The molecule has 2 N–H and O–H groups in total. The summed E-state index contributed by atoms with van der Waals surface area (Å²) in [5.41, 5.74) is 5.73. The molecule has 0 spiro atoms. The summed E-state index contributed by atoms with van der Waals surface area (Å²) < 4.78 is 0. The van der Waals surface area contributed by atoms with Gasteiger partial charge in [-0.25, -0.2) is 0 Å². The molecule has 2 rings (SSSR count). The Bertz CT molecular complexity index is 369. The molecule has 3 nitrogen and oxygen atoms in total. The van der Waals surface area contributed by atoms with Crippen LogP contribution < -0.4 is 5.73 Å². The highest BCUT2D eigenvalue weighted by Gasteiger charge is 2.40. The normalized spacial score (nSPS) is 30.6. The first kappa shape index (κ1) is 14.8. The van der Waals surface area contributed by atoms with Crippen molar-refractivity contribution in [2.75, 3.05) is 13.6 Å². The number of amides is 1. The van der Waals surface area contributed by atoms with Crippen molar-refractivity contribution in [1.29, 1.82) is 0 Å². The Morgan fingerprint density at radius 3 is 2.47 bits per heavy atom. The standard InChI is InChI=1S/C15H26N2OS/c1-9(2)13(14(16)19)15(18)17(3)8-12-7-10-4-5-11(12)6-10/h9-13H,4-8H2,1-3H3,(H2,16,19). The van der Waals surface area contributed by atoms with E-state index in [1.807, 2.05) is 25.8 Å². The van der Waals surface area contributed by atoms with Crippen molar-refractivity contribution in [3.05, 3.63) is 0 Å². The van der Waals surface area contributed by atoms with Gasteiger partial charge in [0.25, 0.3) is 0 Å². The monoisotopic (exact) mass is 282 g/mol. The summed E-state index contributed by atoms with van der Waals surface area (Å²) in [5, 5.41) is 0. The van der Waals surface area contributed by atoms with Crippen molar-refractivity contribution in [2.24, 2.45) is 35.3 Å². The molecular formula is C15H26N2OS. The van der Waals surface area contributed by atoms with Gasteiger partial charge in [-0.15, -0.1) is 0 Å². The third-order valence-electron chi connectivity index (χ3n) is 5.01. The topological polar surface area (TPSA) is 46.3 Å². The molecule has 4 unspecified atom stereocenters. The number of fused-ring (bicyclic) bond motifs is 2. The zero-order valence-corrected chi connectivity index (χ0v) is 13.1. The number of nitrogens with zero attached hydrogens (tertiary/aromatic N) is 1. The SMILES string of the molecule is CC(C)C(C(=O)N(C)CC1CC2CCC1C2)C(N)=S. The first-order chi connectivity index (χ1) is 8.90. The quantitative estimate of drug-likeness (QED) is 0.788. The minimum atomic E-state index is -0.307. The summed E-state index contributed by atoms with van der Waals surface area (Å²) in [6.07, 6.45) is 5.46. The summed E-state index contributed by atoms with van der Waals surface area (Å²) in [6, 6.07) is 0. The molecule has 2 aliphatic rings. The van der Waals surface area contributed by atoms with Crippen LogP contribution in [0.25, 0.3) is 0 Å². The van der Waals surface area contributed by atoms with E-state index in [1.165, 1.54) is 25.7 Å². The average molecular weight is 282 g/mol. The minimum Gasteiger partial charge on any atom is -0.393 e. The molecule has 4 heteroatoms. The van der Waals surface area contributed by atoms with Gasteiger partial charge in [-0.1, -0.05) is 32.5 Å². The number of carbonyl (C=O) groups is 1. The van der Waals surface area contributed by atoms with Crippen LogP contribution >= 0.6 is 12.2 Å². The second kappa shape index (κ2) is 5.78. The highest BCUT2D eigenvalue weighted by Crippen LogP contribution is 2.48. The van der Waals surface area contributed by atoms with Gasteiger partial charge in [0.15, 0.2) is 0 Å². The summed E-state index contributed by atoms with van der Waals surface area (Å²) in [4.78, 5) is 14.7. The highest BCUT2D eigenvalue weighted by atomic mass is 32.1. The lowest BCUT2D eigenvalue weighted by Crippen LogP contribution is -2.44. The smallest absolute Gasteiger partial charge is 0.232 e. The molecule has 0 aliphatic heterocycles. The van der Waals surface area contributed by atoms with Crippen molar-refractivity contribution in [3.63, 3.8) is 0 Å². The molecule has 108 valence electrons. The number of hydrogen-bond acceptors (Lipinski definition) is 2. The zero-order chi connectivity index (χ0) is 14.2. The average Bonchev–Trinajstić information content (AvgIpc) is 2.89. The maximum Gasteiger partial charge on any atom is 0.232 e. The first-order valence-electron chi connectivity index (χ1n) is 7.44. The van der Waals surface area contributed by atoms with Crippen molar-refractivity contribution in [1.82, 2.24) is 4.90 Å². The molecule has 2 aliphatic carbocycles. The Kier molecular flexibility index (Phi) is 4.49. The summed E-state index contributed by atoms with van der Waals surface area (Å²) in [5.74, 6) is 2.45. The molecule has 0 aromatic carbocycles. The van der Waals surface area contributed by atoms with Crippen LogP contribution in [0.4, 0.5) is 0 Å². The number of hydrogen-bond donors (Lipinski definition) is 1. The van der Waals surface area contributed by atoms with Gasteiger partial charge in [0, 0.05) is 13.6 Å². The van der Waals surface area contributed by atoms with E-state index in [2.05, 4.69) is 0 Å². The van der Waals surface area contributed by atoms with Gasteiger partial charge >= 0.3 is 0 Å². The van der Waals surface area contributed by atoms with Crippen molar-refractivity contribution < 1.29 is 4.79 Å². The van der Waals surface area contributed by atoms with E-state index in [0.717, 1.165) is 18.4 Å². The van der Waals surface area contributed by atoms with Crippen LogP contribution in [0.15, 0.2) is 0 Å². The molecular weight excluding hydrogens is 256 g/mol. The molecule has 4 atom stereocenters. The van der Waals surface area contributed by atoms with Crippen LogP contribution in [-0.2, 0) is 4.79 Å². The molecule has 0 aromatic heterocycles. The van der Waals surface area contributed by atoms with Crippen LogP contribution in [0.3, 0.4) is 0 Å². The van der Waals surface area contributed by atoms with Crippen LogP contribution in [0.5, 0.6) is 0 Å². The van der Waals surface area contributed by atoms with E-state index in [0.29, 0.717) is 10.9 Å². The fraction of sp³-hybridized carbons (Fsp3) is 0.867. The van der Waals surface area contributed by atoms with Gasteiger partial charge in [-0.2, -0.15) is 0 Å². The lowest BCUT2D eigenvalue weighted by molar-refractivity contribution is -0.133. The summed E-state index contributed by atoms with van der Waals surface area (Å²) >= 11 is 5.05. The molecule has 2 saturated carbocycles. The van der Waals surface area contributed by atoms with E-state index in [-0.39, 0.29) is 17.7 Å². The van der Waals surface area contributed by atoms with Gasteiger partial charge in [0.2, 0.25) is 5.91 Å². The Hall–Kier alpha value is -0.640. The lowest BCUT2D eigenvalue weighted by Gasteiger charge is -2.30. The Labute approximate surface area is 121 Å². The molecule has 0 radical (unpaired) electrons. The molecule has 1 amide bonds. The van der Waals surface area contributed by atoms with Crippen molar-refractivity contribution in [3.8, 4) is 0 Å². The molecule has 2 fully saturated rings. The fourth-order valence-corrected chi connectivity index (χ4v) is 4.39. The molecule has 0 aromatic rings. The summed E-state index contributed by atoms with van der Waals surface area (Å²) in [7, 11) is 1.90.